The second-order valence-corrected chi connectivity index (χ2v) is 9.01. The SMILES string of the molecule is CC(C)(CC(=O)O)CC(=O)N1Cc2[nH]cnc2C[C@H]1c1nc(-c2ccc3c(c2)OCO3)no1. The third-order valence-corrected chi connectivity index (χ3v) is 5.84. The molecule has 5 rings (SSSR count). The van der Waals surface area contributed by atoms with Gasteiger partial charge in [0.15, 0.2) is 11.5 Å². The molecular weight excluding hydrogens is 430 g/mol. The molecule has 0 radical (unpaired) electrons. The highest BCUT2D eigenvalue weighted by Crippen LogP contribution is 2.37. The number of ether oxygens (including phenoxy) is 2. The molecule has 2 N–H and O–H groups in total. The molecule has 33 heavy (non-hydrogen) atoms. The highest BCUT2D eigenvalue weighted by molar-refractivity contribution is 5.79. The predicted octanol–water partition coefficient (Wildman–Crippen LogP) is 2.71. The molecule has 0 aliphatic carbocycles. The predicted molar refractivity (Wildman–Crippen MR) is 112 cm³/mol. The van der Waals surface area contributed by atoms with Crippen molar-refractivity contribution in [2.24, 2.45) is 5.41 Å². The van der Waals surface area contributed by atoms with Gasteiger partial charge in [0.1, 0.15) is 6.04 Å². The summed E-state index contributed by atoms with van der Waals surface area (Å²) in [6.45, 7) is 4.00. The number of nitrogens with one attached hydrogen (secondary N) is 1. The van der Waals surface area contributed by atoms with Gasteiger partial charge < -0.3 is 29.0 Å². The Labute approximate surface area is 188 Å². The van der Waals surface area contributed by atoms with Crippen LogP contribution in [0, 0.1) is 5.41 Å². The summed E-state index contributed by atoms with van der Waals surface area (Å²) in [6.07, 6.45) is 1.96. The zero-order valence-corrected chi connectivity index (χ0v) is 18.2. The van der Waals surface area contributed by atoms with Gasteiger partial charge in [-0.25, -0.2) is 4.98 Å². The number of amides is 1. The molecule has 2 aliphatic heterocycles. The second-order valence-electron chi connectivity index (χ2n) is 9.01. The van der Waals surface area contributed by atoms with Crippen molar-refractivity contribution in [1.82, 2.24) is 25.0 Å². The van der Waals surface area contributed by atoms with E-state index in [4.69, 9.17) is 14.0 Å². The molecule has 172 valence electrons. The van der Waals surface area contributed by atoms with Crippen LogP contribution in [0.15, 0.2) is 29.0 Å². The summed E-state index contributed by atoms with van der Waals surface area (Å²) in [4.78, 5) is 38.1. The fourth-order valence-corrected chi connectivity index (χ4v) is 4.22. The number of carboxylic acid groups (broad SMARTS) is 1. The van der Waals surface area contributed by atoms with Gasteiger partial charge in [0.05, 0.1) is 30.7 Å². The monoisotopic (exact) mass is 453 g/mol. The van der Waals surface area contributed by atoms with Crippen molar-refractivity contribution in [3.05, 3.63) is 41.8 Å². The Morgan fingerprint density at radius 1 is 1.24 bits per heavy atom. The van der Waals surface area contributed by atoms with E-state index in [-0.39, 0.29) is 25.5 Å². The Balaban J connectivity index is 1.43. The first-order chi connectivity index (χ1) is 15.8. The Kier molecular flexibility index (Phi) is 5.03. The van der Waals surface area contributed by atoms with Crippen LogP contribution in [0.1, 0.15) is 50.0 Å². The highest BCUT2D eigenvalue weighted by atomic mass is 16.7. The van der Waals surface area contributed by atoms with E-state index in [0.29, 0.717) is 41.7 Å². The van der Waals surface area contributed by atoms with Crippen molar-refractivity contribution in [1.29, 1.82) is 0 Å². The summed E-state index contributed by atoms with van der Waals surface area (Å²) in [5.74, 6) is 0.797. The number of nitrogens with zero attached hydrogens (tertiary/aromatic N) is 4. The number of imidazole rings is 1. The van der Waals surface area contributed by atoms with Crippen molar-refractivity contribution >= 4 is 11.9 Å². The molecule has 0 fully saturated rings. The maximum Gasteiger partial charge on any atom is 0.303 e. The van der Waals surface area contributed by atoms with Gasteiger partial charge in [0.25, 0.3) is 0 Å². The van der Waals surface area contributed by atoms with Crippen molar-refractivity contribution < 1.29 is 28.7 Å². The Bertz CT molecular complexity index is 1220. The van der Waals surface area contributed by atoms with Gasteiger partial charge in [-0.2, -0.15) is 4.98 Å². The molecule has 0 bridgehead atoms. The minimum absolute atomic E-state index is 0.0719. The maximum atomic E-state index is 13.3. The molecular formula is C22H23N5O6. The van der Waals surface area contributed by atoms with Gasteiger partial charge in [-0.05, 0) is 23.6 Å². The van der Waals surface area contributed by atoms with E-state index in [1.807, 2.05) is 6.07 Å². The molecule has 3 aromatic rings. The first kappa shape index (κ1) is 21.0. The van der Waals surface area contributed by atoms with E-state index < -0.39 is 17.4 Å². The number of hydrogen-bond donors (Lipinski definition) is 2. The average Bonchev–Trinajstić information content (AvgIpc) is 3.50. The zero-order valence-electron chi connectivity index (χ0n) is 18.2. The Morgan fingerprint density at radius 2 is 2.06 bits per heavy atom. The van der Waals surface area contributed by atoms with Gasteiger partial charge in [-0.15, -0.1) is 0 Å². The van der Waals surface area contributed by atoms with Crippen LogP contribution >= 0.6 is 0 Å². The smallest absolute Gasteiger partial charge is 0.303 e. The fourth-order valence-electron chi connectivity index (χ4n) is 4.22. The number of rotatable bonds is 6. The standard InChI is InChI=1S/C22H23N5O6/c1-22(2,8-19(29)30)7-18(28)27-9-14-13(23-10-24-14)6-15(27)21-25-20(26-33-21)12-3-4-16-17(5-12)32-11-31-16/h3-5,10,15H,6-9,11H2,1-2H3,(H,23,24)(H,29,30)/t15-/m0/s1. The zero-order chi connectivity index (χ0) is 23.2. The third-order valence-electron chi connectivity index (χ3n) is 5.84. The van der Waals surface area contributed by atoms with Gasteiger partial charge >= 0.3 is 5.97 Å². The number of benzene rings is 1. The Hall–Kier alpha value is -3.89. The second kappa shape index (κ2) is 7.91. The van der Waals surface area contributed by atoms with E-state index in [9.17, 15) is 14.7 Å². The van der Waals surface area contributed by atoms with Crippen molar-refractivity contribution in [3.63, 3.8) is 0 Å². The van der Waals surface area contributed by atoms with E-state index in [1.165, 1.54) is 0 Å². The highest BCUT2D eigenvalue weighted by Gasteiger charge is 2.38. The minimum Gasteiger partial charge on any atom is -0.481 e. The summed E-state index contributed by atoms with van der Waals surface area (Å²) >= 11 is 0. The summed E-state index contributed by atoms with van der Waals surface area (Å²) in [7, 11) is 0. The number of aromatic amines is 1. The molecule has 1 amide bonds. The van der Waals surface area contributed by atoms with Gasteiger partial charge in [-0.3, -0.25) is 9.59 Å². The molecule has 2 aliphatic rings. The van der Waals surface area contributed by atoms with Crippen molar-refractivity contribution in [2.45, 2.75) is 45.7 Å². The normalized spacial score (nSPS) is 17.2. The molecule has 0 unspecified atom stereocenters. The summed E-state index contributed by atoms with van der Waals surface area (Å²) < 4.78 is 16.3. The minimum atomic E-state index is -0.941. The maximum absolute atomic E-state index is 13.3. The number of fused-ring (bicyclic) bond motifs is 2. The van der Waals surface area contributed by atoms with E-state index in [0.717, 1.165) is 11.4 Å². The lowest BCUT2D eigenvalue weighted by molar-refractivity contribution is -0.142. The molecule has 2 aromatic heterocycles. The molecule has 0 spiro atoms. The largest absolute Gasteiger partial charge is 0.481 e. The van der Waals surface area contributed by atoms with Crippen LogP contribution in [-0.2, 0) is 22.6 Å². The summed E-state index contributed by atoms with van der Waals surface area (Å²) in [6, 6.07) is 4.86. The third kappa shape index (κ3) is 4.13. The lowest BCUT2D eigenvalue weighted by atomic mass is 9.84. The molecule has 11 nitrogen and oxygen atoms in total. The van der Waals surface area contributed by atoms with Crippen LogP contribution < -0.4 is 9.47 Å². The Morgan fingerprint density at radius 3 is 2.88 bits per heavy atom. The van der Waals surface area contributed by atoms with Gasteiger partial charge in [0.2, 0.25) is 24.4 Å². The van der Waals surface area contributed by atoms with E-state index >= 15 is 0 Å². The molecule has 4 heterocycles. The van der Waals surface area contributed by atoms with Crippen LogP contribution in [0.3, 0.4) is 0 Å². The molecule has 11 heteroatoms. The van der Waals surface area contributed by atoms with E-state index in [2.05, 4.69) is 20.1 Å². The lowest BCUT2D eigenvalue weighted by Crippen LogP contribution is -2.41. The van der Waals surface area contributed by atoms with Gasteiger partial charge in [-0.1, -0.05) is 19.0 Å². The van der Waals surface area contributed by atoms with Crippen LogP contribution in [0.4, 0.5) is 0 Å². The number of hydrogen-bond acceptors (Lipinski definition) is 8. The number of carbonyl (C=O) groups excluding carboxylic acids is 1. The molecule has 0 saturated heterocycles. The first-order valence-electron chi connectivity index (χ1n) is 10.5. The van der Waals surface area contributed by atoms with Crippen molar-refractivity contribution in [3.8, 4) is 22.9 Å². The number of carbonyl (C=O) groups is 2. The number of carboxylic acids is 1. The number of aliphatic carboxylic acids is 1. The molecule has 1 atom stereocenters. The number of aromatic nitrogens is 4. The fraction of sp³-hybridized carbons (Fsp3) is 0.409. The topological polar surface area (TPSA) is 144 Å². The molecule has 0 saturated carbocycles. The lowest BCUT2D eigenvalue weighted by Gasteiger charge is -2.35. The van der Waals surface area contributed by atoms with Crippen LogP contribution in [0.2, 0.25) is 0 Å². The van der Waals surface area contributed by atoms with E-state index in [1.54, 1.807) is 37.2 Å². The first-order valence-corrected chi connectivity index (χ1v) is 10.5. The summed E-state index contributed by atoms with van der Waals surface area (Å²) in [5, 5.41) is 13.3. The molecule has 1 aromatic carbocycles. The number of H-pyrrole nitrogens is 1. The van der Waals surface area contributed by atoms with Crippen LogP contribution in [-0.4, -0.2) is 48.8 Å². The van der Waals surface area contributed by atoms with Crippen LogP contribution in [0.5, 0.6) is 11.5 Å². The quantitative estimate of drug-likeness (QED) is 0.575. The van der Waals surface area contributed by atoms with Crippen LogP contribution in [0.25, 0.3) is 11.4 Å². The van der Waals surface area contributed by atoms with Gasteiger partial charge in [0, 0.05) is 18.4 Å². The summed E-state index contributed by atoms with van der Waals surface area (Å²) in [5.41, 5.74) is 1.67. The van der Waals surface area contributed by atoms with Crippen molar-refractivity contribution in [2.75, 3.05) is 6.79 Å². The average molecular weight is 453 g/mol.